The maximum Gasteiger partial charge on any atom is 0.327 e. The number of likely N-dealkylation sites (N-methyl/N-ethyl adjacent to an activating group) is 1. The standard InChI is InChI=1S/C15H21N3O2S/c1-16(2)12(13-7-5-9-21-13)10-18-14(19)11-6-3-4-8-17(11)15(18)20/h5,7,9,11-12H,3-4,6,8,10H2,1-2H3/t11-,12+/m1/s1. The summed E-state index contributed by atoms with van der Waals surface area (Å²) in [5, 5.41) is 2.03. The highest BCUT2D eigenvalue weighted by molar-refractivity contribution is 7.10. The molecule has 2 aliphatic heterocycles. The van der Waals surface area contributed by atoms with Gasteiger partial charge in [0.1, 0.15) is 6.04 Å². The summed E-state index contributed by atoms with van der Waals surface area (Å²) >= 11 is 1.67. The number of hydrogen-bond donors (Lipinski definition) is 0. The molecule has 3 heterocycles. The number of imide groups is 1. The minimum absolute atomic E-state index is 0.0110. The van der Waals surface area contributed by atoms with E-state index in [9.17, 15) is 9.59 Å². The molecule has 5 nitrogen and oxygen atoms in total. The van der Waals surface area contributed by atoms with Crippen molar-refractivity contribution in [2.75, 3.05) is 27.2 Å². The van der Waals surface area contributed by atoms with Gasteiger partial charge < -0.3 is 9.80 Å². The van der Waals surface area contributed by atoms with Crippen LogP contribution in [0.4, 0.5) is 4.79 Å². The molecule has 0 spiro atoms. The molecule has 3 amide bonds. The van der Waals surface area contributed by atoms with Crippen molar-refractivity contribution in [1.82, 2.24) is 14.7 Å². The molecule has 0 saturated carbocycles. The van der Waals surface area contributed by atoms with Crippen molar-refractivity contribution in [2.45, 2.75) is 31.3 Å². The van der Waals surface area contributed by atoms with Gasteiger partial charge in [0.2, 0.25) is 0 Å². The molecule has 0 aromatic carbocycles. The zero-order chi connectivity index (χ0) is 15.0. The fourth-order valence-electron chi connectivity index (χ4n) is 3.18. The van der Waals surface area contributed by atoms with E-state index in [1.165, 1.54) is 9.78 Å². The average Bonchev–Trinajstić information content (AvgIpc) is 3.07. The van der Waals surface area contributed by atoms with E-state index in [-0.39, 0.29) is 24.0 Å². The molecule has 2 atom stereocenters. The first-order valence-electron chi connectivity index (χ1n) is 7.41. The Bertz CT molecular complexity index is 505. The number of nitrogens with zero attached hydrogens (tertiary/aromatic N) is 3. The highest BCUT2D eigenvalue weighted by Crippen LogP contribution is 2.30. The Balaban J connectivity index is 1.80. The van der Waals surface area contributed by atoms with E-state index in [0.717, 1.165) is 25.8 Å². The Hall–Kier alpha value is -1.40. The number of hydrogen-bond acceptors (Lipinski definition) is 4. The SMILES string of the molecule is CN(C)[C@@H](CN1C(=O)[C@H]2CCCCN2C1=O)c1cccs1. The summed E-state index contributed by atoms with van der Waals surface area (Å²) in [5.41, 5.74) is 0. The Morgan fingerprint density at radius 2 is 2.19 bits per heavy atom. The maximum atomic E-state index is 12.5. The number of amides is 3. The third-order valence-corrected chi connectivity index (χ3v) is 5.35. The van der Waals surface area contributed by atoms with Gasteiger partial charge in [0.05, 0.1) is 12.6 Å². The summed E-state index contributed by atoms with van der Waals surface area (Å²) < 4.78 is 0. The highest BCUT2D eigenvalue weighted by Gasteiger charge is 2.46. The molecule has 21 heavy (non-hydrogen) atoms. The number of rotatable bonds is 4. The molecule has 114 valence electrons. The van der Waals surface area contributed by atoms with E-state index in [1.807, 2.05) is 25.5 Å². The molecule has 3 rings (SSSR count). The van der Waals surface area contributed by atoms with Gasteiger partial charge >= 0.3 is 6.03 Å². The van der Waals surface area contributed by atoms with Crippen molar-refractivity contribution in [2.24, 2.45) is 0 Å². The zero-order valence-corrected chi connectivity index (χ0v) is 13.3. The Morgan fingerprint density at radius 3 is 2.81 bits per heavy atom. The van der Waals surface area contributed by atoms with Crippen LogP contribution in [0.25, 0.3) is 0 Å². The third-order valence-electron chi connectivity index (χ3n) is 4.38. The lowest BCUT2D eigenvalue weighted by Crippen LogP contribution is -2.39. The molecule has 0 aliphatic carbocycles. The van der Waals surface area contributed by atoms with Gasteiger partial charge in [-0.15, -0.1) is 11.3 Å². The van der Waals surface area contributed by atoms with E-state index < -0.39 is 0 Å². The second-order valence-corrected chi connectivity index (χ2v) is 6.91. The van der Waals surface area contributed by atoms with Gasteiger partial charge in [0.25, 0.3) is 5.91 Å². The van der Waals surface area contributed by atoms with Crippen LogP contribution in [0.5, 0.6) is 0 Å². The van der Waals surface area contributed by atoms with Crippen LogP contribution in [0.1, 0.15) is 30.2 Å². The molecule has 2 saturated heterocycles. The van der Waals surface area contributed by atoms with Crippen LogP contribution in [0.3, 0.4) is 0 Å². The summed E-state index contributed by atoms with van der Waals surface area (Å²) in [6, 6.07) is 3.82. The molecule has 2 fully saturated rings. The van der Waals surface area contributed by atoms with Crippen molar-refractivity contribution >= 4 is 23.3 Å². The molecule has 0 bridgehead atoms. The minimum Gasteiger partial charge on any atom is -0.312 e. The zero-order valence-electron chi connectivity index (χ0n) is 12.5. The van der Waals surface area contributed by atoms with E-state index in [1.54, 1.807) is 16.2 Å². The lowest BCUT2D eigenvalue weighted by Gasteiger charge is -2.27. The lowest BCUT2D eigenvalue weighted by atomic mass is 10.0. The van der Waals surface area contributed by atoms with Gasteiger partial charge in [-0.05, 0) is 44.8 Å². The van der Waals surface area contributed by atoms with E-state index in [4.69, 9.17) is 0 Å². The number of thiophene rings is 1. The molecule has 6 heteroatoms. The third kappa shape index (κ3) is 2.58. The van der Waals surface area contributed by atoms with Crippen LogP contribution in [0.2, 0.25) is 0 Å². The second-order valence-electron chi connectivity index (χ2n) is 5.93. The van der Waals surface area contributed by atoms with Crippen LogP contribution < -0.4 is 0 Å². The monoisotopic (exact) mass is 307 g/mol. The van der Waals surface area contributed by atoms with Gasteiger partial charge in [-0.2, -0.15) is 0 Å². The molecular formula is C15H21N3O2S. The number of carbonyl (C=O) groups is 2. The normalized spacial score (nSPS) is 23.9. The first-order chi connectivity index (χ1) is 10.1. The predicted octanol–water partition coefficient (Wildman–Crippen LogP) is 2.17. The summed E-state index contributed by atoms with van der Waals surface area (Å²) in [5.74, 6) is -0.0110. The molecular weight excluding hydrogens is 286 g/mol. The molecule has 0 unspecified atom stereocenters. The van der Waals surface area contributed by atoms with Crippen molar-refractivity contribution in [3.63, 3.8) is 0 Å². The highest BCUT2D eigenvalue weighted by atomic mass is 32.1. The topological polar surface area (TPSA) is 43.9 Å². The minimum atomic E-state index is -0.211. The van der Waals surface area contributed by atoms with Crippen molar-refractivity contribution in [3.8, 4) is 0 Å². The number of carbonyl (C=O) groups excluding carboxylic acids is 2. The van der Waals surface area contributed by atoms with Crippen LogP contribution >= 0.6 is 11.3 Å². The summed E-state index contributed by atoms with van der Waals surface area (Å²) in [6.45, 7) is 1.16. The largest absolute Gasteiger partial charge is 0.327 e. The second kappa shape index (κ2) is 5.77. The number of fused-ring (bicyclic) bond motifs is 1. The van der Waals surface area contributed by atoms with Crippen molar-refractivity contribution < 1.29 is 9.59 Å². The number of urea groups is 1. The fraction of sp³-hybridized carbons (Fsp3) is 0.600. The van der Waals surface area contributed by atoms with Gasteiger partial charge in [-0.25, -0.2) is 4.79 Å². The fourth-order valence-corrected chi connectivity index (χ4v) is 4.09. The Kier molecular flexibility index (Phi) is 3.99. The van der Waals surface area contributed by atoms with Crippen LogP contribution in [-0.4, -0.2) is 59.9 Å². The first kappa shape index (κ1) is 14.5. The predicted molar refractivity (Wildman–Crippen MR) is 82.2 cm³/mol. The van der Waals surface area contributed by atoms with Crippen LogP contribution in [-0.2, 0) is 4.79 Å². The van der Waals surface area contributed by atoms with E-state index in [2.05, 4.69) is 11.0 Å². The van der Waals surface area contributed by atoms with Gasteiger partial charge in [-0.3, -0.25) is 9.69 Å². The Morgan fingerprint density at radius 1 is 1.38 bits per heavy atom. The lowest BCUT2D eigenvalue weighted by molar-refractivity contribution is -0.129. The molecule has 1 aromatic rings. The molecule has 0 N–H and O–H groups in total. The molecule has 2 aliphatic rings. The number of piperidine rings is 1. The van der Waals surface area contributed by atoms with Crippen LogP contribution in [0.15, 0.2) is 17.5 Å². The maximum absolute atomic E-state index is 12.5. The van der Waals surface area contributed by atoms with Gasteiger partial charge in [0.15, 0.2) is 0 Å². The summed E-state index contributed by atoms with van der Waals surface area (Å²) in [6.07, 6.45) is 2.86. The van der Waals surface area contributed by atoms with E-state index in [0.29, 0.717) is 6.54 Å². The van der Waals surface area contributed by atoms with Gasteiger partial charge in [-0.1, -0.05) is 6.07 Å². The summed E-state index contributed by atoms with van der Waals surface area (Å²) in [4.78, 5) is 31.5. The van der Waals surface area contributed by atoms with Crippen molar-refractivity contribution in [3.05, 3.63) is 22.4 Å². The van der Waals surface area contributed by atoms with Crippen LogP contribution in [0, 0.1) is 0 Å². The van der Waals surface area contributed by atoms with E-state index >= 15 is 0 Å². The van der Waals surface area contributed by atoms with Crippen molar-refractivity contribution in [1.29, 1.82) is 0 Å². The smallest absolute Gasteiger partial charge is 0.312 e. The summed E-state index contributed by atoms with van der Waals surface area (Å²) in [7, 11) is 3.98. The molecule has 1 aromatic heterocycles. The quantitative estimate of drug-likeness (QED) is 0.801. The Labute approximate surface area is 129 Å². The van der Waals surface area contributed by atoms with Gasteiger partial charge in [0, 0.05) is 11.4 Å². The average molecular weight is 307 g/mol. The molecule has 0 radical (unpaired) electrons. The first-order valence-corrected chi connectivity index (χ1v) is 8.29.